The number of likely N-dealkylation sites (tertiary alicyclic amines) is 1. The predicted molar refractivity (Wildman–Crippen MR) is 130 cm³/mol. The summed E-state index contributed by atoms with van der Waals surface area (Å²) in [6, 6.07) is 24.5. The van der Waals surface area contributed by atoms with E-state index in [0.717, 1.165) is 43.6 Å². The van der Waals surface area contributed by atoms with Gasteiger partial charge in [-0.15, -0.1) is 0 Å². The summed E-state index contributed by atoms with van der Waals surface area (Å²) >= 11 is 0. The first-order valence-electron chi connectivity index (χ1n) is 11.5. The zero-order valence-corrected chi connectivity index (χ0v) is 19.4. The van der Waals surface area contributed by atoms with E-state index in [0.29, 0.717) is 23.9 Å². The van der Waals surface area contributed by atoms with Crippen molar-refractivity contribution in [2.75, 3.05) is 27.3 Å². The molecule has 4 rings (SSSR count). The van der Waals surface area contributed by atoms with Gasteiger partial charge in [0, 0.05) is 25.6 Å². The van der Waals surface area contributed by atoms with Gasteiger partial charge in [-0.2, -0.15) is 0 Å². The first-order valence-corrected chi connectivity index (χ1v) is 11.5. The highest BCUT2D eigenvalue weighted by molar-refractivity contribution is 5.54. The summed E-state index contributed by atoms with van der Waals surface area (Å²) in [7, 11) is 3.29. The molecule has 3 aromatic carbocycles. The SMILES string of the molecule is COc1cc(CC2CN(Cc3ccccc3)CCC2O)cc(OC)c1OCc1ccccc1. The quantitative estimate of drug-likeness (QED) is 0.515. The average molecular weight is 448 g/mol. The molecule has 33 heavy (non-hydrogen) atoms. The molecule has 0 aromatic heterocycles. The second-order valence-corrected chi connectivity index (χ2v) is 8.64. The third-order valence-corrected chi connectivity index (χ3v) is 6.27. The van der Waals surface area contributed by atoms with E-state index in [-0.39, 0.29) is 12.0 Å². The molecule has 2 unspecified atom stereocenters. The Hall–Kier alpha value is -3.02. The van der Waals surface area contributed by atoms with Crippen molar-refractivity contribution in [3.05, 3.63) is 89.5 Å². The molecule has 2 atom stereocenters. The van der Waals surface area contributed by atoms with Crippen LogP contribution in [-0.2, 0) is 19.6 Å². The average Bonchev–Trinajstić information content (AvgIpc) is 2.86. The molecular formula is C28H33NO4. The fourth-order valence-electron chi connectivity index (χ4n) is 4.51. The number of rotatable bonds is 9. The molecule has 5 heteroatoms. The molecule has 0 saturated carbocycles. The van der Waals surface area contributed by atoms with Crippen molar-refractivity contribution in [1.29, 1.82) is 0 Å². The van der Waals surface area contributed by atoms with Crippen molar-refractivity contribution in [2.45, 2.75) is 32.1 Å². The molecule has 3 aromatic rings. The monoisotopic (exact) mass is 447 g/mol. The van der Waals surface area contributed by atoms with Crippen molar-refractivity contribution in [3.8, 4) is 17.2 Å². The number of piperidine rings is 1. The minimum Gasteiger partial charge on any atom is -0.493 e. The number of benzene rings is 3. The maximum absolute atomic E-state index is 10.7. The van der Waals surface area contributed by atoms with Crippen molar-refractivity contribution in [3.63, 3.8) is 0 Å². The zero-order valence-electron chi connectivity index (χ0n) is 19.4. The first kappa shape index (κ1) is 23.1. The lowest BCUT2D eigenvalue weighted by Gasteiger charge is -2.36. The second-order valence-electron chi connectivity index (χ2n) is 8.64. The van der Waals surface area contributed by atoms with Gasteiger partial charge in [-0.25, -0.2) is 0 Å². The highest BCUT2D eigenvalue weighted by Gasteiger charge is 2.28. The Labute approximate surface area is 196 Å². The van der Waals surface area contributed by atoms with E-state index in [9.17, 15) is 5.11 Å². The molecule has 174 valence electrons. The van der Waals surface area contributed by atoms with E-state index in [1.54, 1.807) is 14.2 Å². The predicted octanol–water partition coefficient (Wildman–Crippen LogP) is 4.71. The van der Waals surface area contributed by atoms with E-state index in [1.165, 1.54) is 5.56 Å². The van der Waals surface area contributed by atoms with Gasteiger partial charge >= 0.3 is 0 Å². The van der Waals surface area contributed by atoms with Crippen LogP contribution in [0.4, 0.5) is 0 Å². The minimum atomic E-state index is -0.317. The van der Waals surface area contributed by atoms with E-state index in [2.05, 4.69) is 29.2 Å². The van der Waals surface area contributed by atoms with Crippen LogP contribution < -0.4 is 14.2 Å². The van der Waals surface area contributed by atoms with Gasteiger partial charge in [0.25, 0.3) is 0 Å². The highest BCUT2D eigenvalue weighted by Crippen LogP contribution is 2.40. The Balaban J connectivity index is 1.47. The molecule has 0 spiro atoms. The van der Waals surface area contributed by atoms with Gasteiger partial charge in [-0.05, 0) is 41.7 Å². The number of aliphatic hydroxyl groups excluding tert-OH is 1. The van der Waals surface area contributed by atoms with Crippen LogP contribution >= 0.6 is 0 Å². The van der Waals surface area contributed by atoms with Gasteiger partial charge in [0.05, 0.1) is 20.3 Å². The third kappa shape index (κ3) is 6.06. The molecule has 1 aliphatic rings. The van der Waals surface area contributed by atoms with Gasteiger partial charge in [0.15, 0.2) is 11.5 Å². The second kappa shape index (κ2) is 11.2. The van der Waals surface area contributed by atoms with Crippen molar-refractivity contribution in [2.24, 2.45) is 5.92 Å². The Bertz CT molecular complexity index is 984. The summed E-state index contributed by atoms with van der Waals surface area (Å²) in [5.41, 5.74) is 3.45. The van der Waals surface area contributed by atoms with Crippen LogP contribution in [-0.4, -0.2) is 43.4 Å². The fourth-order valence-corrected chi connectivity index (χ4v) is 4.51. The number of aliphatic hydroxyl groups is 1. The molecular weight excluding hydrogens is 414 g/mol. The fraction of sp³-hybridized carbons (Fsp3) is 0.357. The van der Waals surface area contributed by atoms with Crippen molar-refractivity contribution < 1.29 is 19.3 Å². The summed E-state index contributed by atoms with van der Waals surface area (Å²) in [6.07, 6.45) is 1.21. The normalized spacial score (nSPS) is 18.6. The Morgan fingerprint density at radius 2 is 1.45 bits per heavy atom. The maximum Gasteiger partial charge on any atom is 0.203 e. The van der Waals surface area contributed by atoms with Crippen LogP contribution in [0.2, 0.25) is 0 Å². The lowest BCUT2D eigenvalue weighted by atomic mass is 9.88. The molecule has 0 radical (unpaired) electrons. The molecule has 5 nitrogen and oxygen atoms in total. The molecule has 0 aliphatic carbocycles. The van der Waals surface area contributed by atoms with Crippen LogP contribution in [0.5, 0.6) is 17.2 Å². The van der Waals surface area contributed by atoms with Crippen LogP contribution in [0.3, 0.4) is 0 Å². The maximum atomic E-state index is 10.7. The molecule has 1 aliphatic heterocycles. The van der Waals surface area contributed by atoms with Gasteiger partial charge in [-0.1, -0.05) is 60.7 Å². The van der Waals surface area contributed by atoms with Gasteiger partial charge < -0.3 is 19.3 Å². The van der Waals surface area contributed by atoms with Crippen LogP contribution in [0.15, 0.2) is 72.8 Å². The minimum absolute atomic E-state index is 0.146. The Morgan fingerprint density at radius 1 is 0.848 bits per heavy atom. The van der Waals surface area contributed by atoms with Crippen LogP contribution in [0.1, 0.15) is 23.1 Å². The van der Waals surface area contributed by atoms with Crippen molar-refractivity contribution >= 4 is 0 Å². The van der Waals surface area contributed by atoms with E-state index in [1.807, 2.05) is 48.5 Å². The van der Waals surface area contributed by atoms with Crippen LogP contribution in [0, 0.1) is 5.92 Å². The standard InChI is InChI=1S/C28H33NO4/c1-31-26-16-23(17-27(32-2)28(26)33-20-22-11-7-4-8-12-22)15-24-19-29(14-13-25(24)30)18-21-9-5-3-6-10-21/h3-12,16-17,24-25,30H,13-15,18-20H2,1-2H3. The lowest BCUT2D eigenvalue weighted by molar-refractivity contribution is 0.0239. The first-order chi connectivity index (χ1) is 16.2. The molecule has 1 N–H and O–H groups in total. The molecule has 1 heterocycles. The molecule has 0 amide bonds. The number of hydrogen-bond donors (Lipinski definition) is 1. The van der Waals surface area contributed by atoms with Gasteiger partial charge in [0.2, 0.25) is 5.75 Å². The molecule has 1 saturated heterocycles. The topological polar surface area (TPSA) is 51.2 Å². The lowest BCUT2D eigenvalue weighted by Crippen LogP contribution is -2.43. The summed E-state index contributed by atoms with van der Waals surface area (Å²) in [4.78, 5) is 2.43. The third-order valence-electron chi connectivity index (χ3n) is 6.27. The Morgan fingerprint density at radius 3 is 2.06 bits per heavy atom. The smallest absolute Gasteiger partial charge is 0.203 e. The summed E-state index contributed by atoms with van der Waals surface area (Å²) in [5.74, 6) is 2.04. The Kier molecular flexibility index (Phi) is 7.87. The summed E-state index contributed by atoms with van der Waals surface area (Å²) in [5, 5.41) is 10.7. The van der Waals surface area contributed by atoms with E-state index in [4.69, 9.17) is 14.2 Å². The largest absolute Gasteiger partial charge is 0.493 e. The number of nitrogens with zero attached hydrogens (tertiary/aromatic N) is 1. The summed E-state index contributed by atoms with van der Waals surface area (Å²) in [6.45, 7) is 3.10. The highest BCUT2D eigenvalue weighted by atomic mass is 16.5. The van der Waals surface area contributed by atoms with E-state index >= 15 is 0 Å². The van der Waals surface area contributed by atoms with E-state index < -0.39 is 0 Å². The van der Waals surface area contributed by atoms with Crippen molar-refractivity contribution in [1.82, 2.24) is 4.90 Å². The zero-order chi connectivity index (χ0) is 23.0. The number of hydrogen-bond acceptors (Lipinski definition) is 5. The van der Waals surface area contributed by atoms with Crippen LogP contribution in [0.25, 0.3) is 0 Å². The number of methoxy groups -OCH3 is 2. The number of ether oxygens (including phenoxy) is 3. The molecule has 1 fully saturated rings. The van der Waals surface area contributed by atoms with Gasteiger partial charge in [0.1, 0.15) is 6.61 Å². The summed E-state index contributed by atoms with van der Waals surface area (Å²) < 4.78 is 17.4. The van der Waals surface area contributed by atoms with Gasteiger partial charge in [-0.3, -0.25) is 4.90 Å². The molecule has 0 bridgehead atoms.